The molecule has 21 rings (SSSR count). The first kappa shape index (κ1) is 61.0. The van der Waals surface area contributed by atoms with E-state index in [2.05, 4.69) is 401 Å². The molecule has 0 bridgehead atoms. The van der Waals surface area contributed by atoms with Gasteiger partial charge in [-0.1, -0.05) is 308 Å². The normalized spacial score (nSPS) is 13.9. The maximum absolute atomic E-state index is 2.57. The summed E-state index contributed by atoms with van der Waals surface area (Å²) >= 11 is 1.87. The van der Waals surface area contributed by atoms with Gasteiger partial charge < -0.3 is 9.80 Å². The fourth-order valence-electron chi connectivity index (χ4n) is 19.5. The van der Waals surface area contributed by atoms with Gasteiger partial charge >= 0.3 is 0 Å². The van der Waals surface area contributed by atoms with Crippen LogP contribution in [-0.2, 0) is 16.2 Å². The fraction of sp³-hybridized carbons (Fsp3) is 0.0588. The Kier molecular flexibility index (Phi) is 13.6. The standard InChI is InChI=1S/C102H70N2S/c1-65-46-55-80-82-58-53-75(63-92(82)100(90(80)60-65,69-26-8-4-9-27-69)70-28-10-5-11-29-70)103(76-54-59-83-81-56-47-66(2)61-91(81)101(93(83)64-76,71-30-12-6-13-31-71)72-32-14-7-15-33-72)74-52-57-77(67(3)62-74)68-48-50-73(51-49-68)104(95-43-25-45-97-99(95)85-37-19-23-44-96(85)105-97)94-42-24-41-89-98(94)84-36-18-22-40-88(84)102(89)86-38-20-16-34-78(86)79-35-17-21-39-87(79)102/h4-64H,1-3H3. The molecule has 0 unspecified atom stereocenters. The zero-order chi connectivity index (χ0) is 69.7. The van der Waals surface area contributed by atoms with Crippen molar-refractivity contribution in [3.63, 3.8) is 0 Å². The lowest BCUT2D eigenvalue weighted by atomic mass is 9.67. The molecule has 16 aromatic carbocycles. The first-order chi connectivity index (χ1) is 51.8. The largest absolute Gasteiger partial charge is 0.310 e. The van der Waals surface area contributed by atoms with Crippen molar-refractivity contribution in [2.45, 2.75) is 37.0 Å². The molecule has 494 valence electrons. The van der Waals surface area contributed by atoms with Crippen molar-refractivity contribution in [2.24, 2.45) is 0 Å². The number of rotatable bonds is 11. The summed E-state index contributed by atoms with van der Waals surface area (Å²) in [6, 6.07) is 141. The van der Waals surface area contributed by atoms with E-state index in [1.165, 1.54) is 154 Å². The molecule has 0 radical (unpaired) electrons. The number of fused-ring (bicyclic) bond motifs is 19. The third-order valence-electron chi connectivity index (χ3n) is 23.7. The van der Waals surface area contributed by atoms with E-state index in [0.717, 1.165) is 39.7 Å². The Hall–Kier alpha value is -12.7. The molecule has 1 heterocycles. The Balaban J connectivity index is 0.753. The molecule has 3 heteroatoms. The van der Waals surface area contributed by atoms with Crippen molar-refractivity contribution in [3.8, 4) is 55.6 Å². The molecule has 1 spiro atoms. The van der Waals surface area contributed by atoms with Crippen LogP contribution in [0.5, 0.6) is 0 Å². The van der Waals surface area contributed by atoms with Crippen LogP contribution in [0.2, 0.25) is 0 Å². The molecule has 0 saturated heterocycles. The van der Waals surface area contributed by atoms with Gasteiger partial charge in [0.1, 0.15) is 0 Å². The van der Waals surface area contributed by atoms with Crippen molar-refractivity contribution in [2.75, 3.05) is 9.80 Å². The quantitative estimate of drug-likeness (QED) is 0.127. The van der Waals surface area contributed by atoms with E-state index in [9.17, 15) is 0 Å². The highest BCUT2D eigenvalue weighted by molar-refractivity contribution is 7.26. The van der Waals surface area contributed by atoms with Crippen LogP contribution in [0.1, 0.15) is 83.5 Å². The highest BCUT2D eigenvalue weighted by atomic mass is 32.1. The first-order valence-corrected chi connectivity index (χ1v) is 37.5. The van der Waals surface area contributed by atoms with Crippen molar-refractivity contribution in [1.82, 2.24) is 0 Å². The first-order valence-electron chi connectivity index (χ1n) is 36.7. The molecule has 0 aliphatic heterocycles. The third-order valence-corrected chi connectivity index (χ3v) is 24.8. The van der Waals surface area contributed by atoms with Gasteiger partial charge in [-0.05, 0) is 216 Å². The van der Waals surface area contributed by atoms with Crippen molar-refractivity contribution in [1.29, 1.82) is 0 Å². The number of anilines is 6. The Labute approximate surface area is 617 Å². The lowest BCUT2D eigenvalue weighted by Gasteiger charge is -2.36. The summed E-state index contributed by atoms with van der Waals surface area (Å²) in [7, 11) is 0. The van der Waals surface area contributed by atoms with E-state index >= 15 is 0 Å². The summed E-state index contributed by atoms with van der Waals surface area (Å²) in [4.78, 5) is 5.11. The Morgan fingerprint density at radius 3 is 1.14 bits per heavy atom. The molecular weight excluding hydrogens is 1290 g/mol. The minimum absolute atomic E-state index is 0.494. The number of thiophene rings is 1. The minimum atomic E-state index is -0.610. The monoisotopic (exact) mass is 1350 g/mol. The van der Waals surface area contributed by atoms with E-state index in [1.54, 1.807) is 0 Å². The van der Waals surface area contributed by atoms with E-state index < -0.39 is 16.2 Å². The van der Waals surface area contributed by atoms with E-state index in [0.29, 0.717) is 0 Å². The number of aryl methyl sites for hydroxylation is 3. The lowest BCUT2D eigenvalue weighted by Crippen LogP contribution is -2.29. The van der Waals surface area contributed by atoms with Crippen LogP contribution in [0.25, 0.3) is 75.8 Å². The molecule has 0 saturated carbocycles. The molecule has 105 heavy (non-hydrogen) atoms. The molecule has 0 atom stereocenters. The maximum Gasteiger partial charge on any atom is 0.0726 e. The number of nitrogens with zero attached hydrogens (tertiary/aromatic N) is 2. The Morgan fingerprint density at radius 1 is 0.238 bits per heavy atom. The van der Waals surface area contributed by atoms with E-state index in [1.807, 2.05) is 11.3 Å². The Bertz CT molecular complexity index is 6070. The van der Waals surface area contributed by atoms with Gasteiger partial charge in [0, 0.05) is 48.5 Å². The van der Waals surface area contributed by atoms with Gasteiger partial charge in [-0.2, -0.15) is 0 Å². The molecule has 4 aliphatic carbocycles. The smallest absolute Gasteiger partial charge is 0.0726 e. The van der Waals surface area contributed by atoms with Crippen LogP contribution in [0.3, 0.4) is 0 Å². The summed E-state index contributed by atoms with van der Waals surface area (Å²) < 4.78 is 2.55. The van der Waals surface area contributed by atoms with Crippen LogP contribution in [0, 0.1) is 20.8 Å². The Morgan fingerprint density at radius 2 is 0.619 bits per heavy atom. The second kappa shape index (κ2) is 23.4. The average molecular weight is 1360 g/mol. The van der Waals surface area contributed by atoms with Crippen LogP contribution in [0.15, 0.2) is 370 Å². The summed E-state index contributed by atoms with van der Waals surface area (Å²) in [6.45, 7) is 6.77. The molecular formula is C102H70N2S. The summed E-state index contributed by atoms with van der Waals surface area (Å²) in [5.74, 6) is 0. The number of benzene rings is 16. The zero-order valence-electron chi connectivity index (χ0n) is 58.5. The lowest BCUT2D eigenvalue weighted by molar-refractivity contribution is 0.766. The second-order valence-corrected chi connectivity index (χ2v) is 30.2. The highest BCUT2D eigenvalue weighted by Crippen LogP contribution is 2.66. The van der Waals surface area contributed by atoms with E-state index in [4.69, 9.17) is 0 Å². The van der Waals surface area contributed by atoms with Gasteiger partial charge in [0.25, 0.3) is 0 Å². The second-order valence-electron chi connectivity index (χ2n) is 29.1. The van der Waals surface area contributed by atoms with Crippen LogP contribution in [-0.4, -0.2) is 0 Å². The SMILES string of the molecule is Cc1ccc2c(c1)C(c1ccccc1)(c1ccccc1)c1cc(N(c3ccc(-c4ccc(N(c5cccc6c5-c5ccccc5C65c6ccccc6-c6ccccc65)c5cccc6sc7ccccc7c56)cc4)c(C)c3)c3ccc4c(c3)C(c3ccccc3)(c3ccccc3)c3cc(C)ccc3-4)ccc1-2. The summed E-state index contributed by atoms with van der Waals surface area (Å²) in [5.41, 5.74) is 36.5. The molecule has 0 N–H and O–H groups in total. The highest BCUT2D eigenvalue weighted by Gasteiger charge is 2.53. The van der Waals surface area contributed by atoms with E-state index in [-0.39, 0.29) is 0 Å². The van der Waals surface area contributed by atoms with Gasteiger partial charge in [0.2, 0.25) is 0 Å². The van der Waals surface area contributed by atoms with Crippen LogP contribution < -0.4 is 9.80 Å². The topological polar surface area (TPSA) is 6.48 Å². The molecule has 1 aromatic heterocycles. The maximum atomic E-state index is 2.57. The minimum Gasteiger partial charge on any atom is -0.310 e. The summed E-state index contributed by atoms with van der Waals surface area (Å²) in [6.07, 6.45) is 0. The molecule has 2 nitrogen and oxygen atoms in total. The average Bonchev–Trinajstić information content (AvgIpc) is 1.54. The van der Waals surface area contributed by atoms with Crippen LogP contribution >= 0.6 is 11.3 Å². The molecule has 4 aliphatic rings. The van der Waals surface area contributed by atoms with Crippen molar-refractivity contribution in [3.05, 3.63) is 454 Å². The van der Waals surface area contributed by atoms with Gasteiger partial charge in [0.05, 0.1) is 27.6 Å². The molecule has 17 aromatic rings. The van der Waals surface area contributed by atoms with Crippen LogP contribution in [0.4, 0.5) is 34.1 Å². The van der Waals surface area contributed by atoms with Gasteiger partial charge in [-0.15, -0.1) is 11.3 Å². The predicted molar refractivity (Wildman–Crippen MR) is 439 cm³/mol. The summed E-state index contributed by atoms with van der Waals surface area (Å²) in [5, 5.41) is 2.53. The van der Waals surface area contributed by atoms with Crippen molar-refractivity contribution < 1.29 is 0 Å². The fourth-order valence-corrected chi connectivity index (χ4v) is 20.6. The number of hydrogen-bond donors (Lipinski definition) is 0. The predicted octanol–water partition coefficient (Wildman–Crippen LogP) is 26.7. The van der Waals surface area contributed by atoms with Gasteiger partial charge in [-0.3, -0.25) is 0 Å². The number of hydrogen-bond acceptors (Lipinski definition) is 3. The van der Waals surface area contributed by atoms with Crippen molar-refractivity contribution >= 4 is 65.6 Å². The molecule has 0 amide bonds. The van der Waals surface area contributed by atoms with Gasteiger partial charge in [0.15, 0.2) is 0 Å². The zero-order valence-corrected chi connectivity index (χ0v) is 59.3. The molecule has 0 fully saturated rings. The third kappa shape index (κ3) is 8.65. The van der Waals surface area contributed by atoms with Gasteiger partial charge in [-0.25, -0.2) is 0 Å².